The summed E-state index contributed by atoms with van der Waals surface area (Å²) in [5, 5.41) is -0.280. The first-order valence-electron chi connectivity index (χ1n) is 6.09. The molecule has 1 aliphatic rings. The predicted octanol–water partition coefficient (Wildman–Crippen LogP) is 0.916. The van der Waals surface area contributed by atoms with E-state index in [9.17, 15) is 17.6 Å². The summed E-state index contributed by atoms with van der Waals surface area (Å²) in [5.41, 5.74) is 0. The Balaban J connectivity index is 2.25. The van der Waals surface area contributed by atoms with Crippen molar-refractivity contribution < 1.29 is 22.3 Å². The monoisotopic (exact) mass is 336 g/mol. The minimum absolute atomic E-state index is 0.128. The van der Waals surface area contributed by atoms with Gasteiger partial charge in [-0.3, -0.25) is 4.79 Å². The lowest BCUT2D eigenvalue weighted by atomic mass is 10.3. The van der Waals surface area contributed by atoms with Crippen LogP contribution in [0.2, 0.25) is 5.02 Å². The summed E-state index contributed by atoms with van der Waals surface area (Å²) in [6, 6.07) is 3.73. The summed E-state index contributed by atoms with van der Waals surface area (Å²) >= 11 is 5.60. The maximum Gasteiger partial charge on any atom is 0.248 e. The van der Waals surface area contributed by atoms with Crippen molar-refractivity contribution in [1.29, 1.82) is 0 Å². The lowest BCUT2D eigenvalue weighted by molar-refractivity contribution is -0.127. The number of methoxy groups -OCH3 is 1. The van der Waals surface area contributed by atoms with Crippen LogP contribution < -0.4 is 0 Å². The van der Waals surface area contributed by atoms with Crippen LogP contribution in [0.3, 0.4) is 0 Å². The molecule has 1 aliphatic heterocycles. The Labute approximate surface area is 127 Å². The van der Waals surface area contributed by atoms with E-state index in [-0.39, 0.29) is 30.7 Å². The highest BCUT2D eigenvalue weighted by Gasteiger charge is 2.37. The number of rotatable bonds is 5. The van der Waals surface area contributed by atoms with Crippen molar-refractivity contribution in [3.8, 4) is 0 Å². The van der Waals surface area contributed by atoms with E-state index < -0.39 is 20.7 Å². The summed E-state index contributed by atoms with van der Waals surface area (Å²) in [6.45, 7) is 0.124. The number of nitrogens with zero attached hydrogens (tertiary/aromatic N) is 2. The van der Waals surface area contributed by atoms with Crippen molar-refractivity contribution >= 4 is 27.5 Å². The van der Waals surface area contributed by atoms with Gasteiger partial charge in [-0.25, -0.2) is 12.8 Å². The molecular weight excluding hydrogens is 323 g/mol. The topological polar surface area (TPSA) is 66.9 Å². The molecule has 1 amide bonds. The summed E-state index contributed by atoms with van der Waals surface area (Å²) < 4.78 is 44.4. The number of benzene rings is 1. The molecule has 6 nitrogen and oxygen atoms in total. The maximum atomic E-state index is 13.9. The van der Waals surface area contributed by atoms with Crippen LogP contribution in [0.5, 0.6) is 0 Å². The maximum absolute atomic E-state index is 13.9. The molecule has 0 saturated carbocycles. The standard InChI is InChI=1S/C12H14ClFN2O4S/c1-20-6-5-15-8-16(7-11(15)17)21(18,19)10-4-2-3-9(13)12(10)14/h2-4H,5-8H2,1H3. The second-order valence-electron chi connectivity index (χ2n) is 4.46. The first-order valence-corrected chi connectivity index (χ1v) is 7.90. The average Bonchev–Trinajstić information content (AvgIpc) is 2.81. The minimum atomic E-state index is -4.11. The average molecular weight is 337 g/mol. The molecule has 0 aromatic heterocycles. The van der Waals surface area contributed by atoms with E-state index in [1.54, 1.807) is 0 Å². The Morgan fingerprint density at radius 1 is 1.43 bits per heavy atom. The van der Waals surface area contributed by atoms with Crippen LogP contribution >= 0.6 is 11.6 Å². The molecule has 0 radical (unpaired) electrons. The third kappa shape index (κ3) is 3.18. The number of amides is 1. The fraction of sp³-hybridized carbons (Fsp3) is 0.417. The van der Waals surface area contributed by atoms with E-state index in [1.165, 1.54) is 24.1 Å². The van der Waals surface area contributed by atoms with Crippen LogP contribution in [0, 0.1) is 5.82 Å². The Bertz CT molecular complexity index is 653. The van der Waals surface area contributed by atoms with E-state index in [2.05, 4.69) is 0 Å². The quantitative estimate of drug-likeness (QED) is 0.802. The van der Waals surface area contributed by atoms with Gasteiger partial charge in [-0.2, -0.15) is 4.31 Å². The number of ether oxygens (including phenoxy) is 1. The fourth-order valence-corrected chi connectivity index (χ4v) is 3.62. The second-order valence-corrected chi connectivity index (χ2v) is 6.77. The van der Waals surface area contributed by atoms with E-state index in [0.29, 0.717) is 6.61 Å². The van der Waals surface area contributed by atoms with Crippen LogP contribution in [0.1, 0.15) is 0 Å². The summed E-state index contributed by atoms with van der Waals surface area (Å²) in [6.07, 6.45) is 0. The number of hydrogen-bond acceptors (Lipinski definition) is 4. The molecule has 9 heteroatoms. The molecule has 0 N–H and O–H groups in total. The van der Waals surface area contributed by atoms with Crippen molar-refractivity contribution in [3.63, 3.8) is 0 Å². The van der Waals surface area contributed by atoms with Gasteiger partial charge in [0.2, 0.25) is 15.9 Å². The van der Waals surface area contributed by atoms with E-state index in [0.717, 1.165) is 10.4 Å². The van der Waals surface area contributed by atoms with Gasteiger partial charge in [0.15, 0.2) is 5.82 Å². The molecule has 0 spiro atoms. The predicted molar refractivity (Wildman–Crippen MR) is 73.8 cm³/mol. The fourth-order valence-electron chi connectivity index (χ4n) is 1.95. The number of sulfonamides is 1. The first kappa shape index (κ1) is 16.2. The zero-order chi connectivity index (χ0) is 15.6. The number of carbonyl (C=O) groups is 1. The van der Waals surface area contributed by atoms with Gasteiger partial charge >= 0.3 is 0 Å². The number of carbonyl (C=O) groups excluding carboxylic acids is 1. The van der Waals surface area contributed by atoms with Gasteiger partial charge in [-0.15, -0.1) is 0 Å². The molecule has 21 heavy (non-hydrogen) atoms. The van der Waals surface area contributed by atoms with Gasteiger partial charge in [-0.05, 0) is 12.1 Å². The third-order valence-corrected chi connectivity index (χ3v) is 5.18. The number of halogens is 2. The molecule has 0 bridgehead atoms. The van der Waals surface area contributed by atoms with E-state index in [4.69, 9.17) is 16.3 Å². The lowest BCUT2D eigenvalue weighted by Gasteiger charge is -2.18. The number of hydrogen-bond donors (Lipinski definition) is 0. The highest BCUT2D eigenvalue weighted by Crippen LogP contribution is 2.26. The molecule has 1 saturated heterocycles. The zero-order valence-electron chi connectivity index (χ0n) is 11.3. The van der Waals surface area contributed by atoms with Gasteiger partial charge in [-0.1, -0.05) is 17.7 Å². The Hall–Kier alpha value is -1.22. The minimum Gasteiger partial charge on any atom is -0.383 e. The van der Waals surface area contributed by atoms with Crippen LogP contribution in [-0.2, 0) is 19.6 Å². The lowest BCUT2D eigenvalue weighted by Crippen LogP contribution is -2.33. The highest BCUT2D eigenvalue weighted by atomic mass is 35.5. The highest BCUT2D eigenvalue weighted by molar-refractivity contribution is 7.89. The molecule has 116 valence electrons. The molecule has 0 aliphatic carbocycles. The molecule has 0 atom stereocenters. The molecule has 1 aromatic rings. The van der Waals surface area contributed by atoms with Crippen LogP contribution in [-0.4, -0.2) is 57.0 Å². The van der Waals surface area contributed by atoms with Crippen LogP contribution in [0.25, 0.3) is 0 Å². The Morgan fingerprint density at radius 3 is 2.81 bits per heavy atom. The smallest absolute Gasteiger partial charge is 0.248 e. The third-order valence-electron chi connectivity index (χ3n) is 3.09. The Morgan fingerprint density at radius 2 is 2.14 bits per heavy atom. The summed E-state index contributed by atoms with van der Waals surface area (Å²) in [7, 11) is -2.63. The largest absolute Gasteiger partial charge is 0.383 e. The summed E-state index contributed by atoms with van der Waals surface area (Å²) in [5.74, 6) is -1.36. The van der Waals surface area contributed by atoms with Gasteiger partial charge in [0.05, 0.1) is 24.8 Å². The van der Waals surface area contributed by atoms with Crippen LogP contribution in [0.15, 0.2) is 23.1 Å². The molecule has 1 fully saturated rings. The van der Waals surface area contributed by atoms with Gasteiger partial charge in [0, 0.05) is 13.7 Å². The van der Waals surface area contributed by atoms with Crippen molar-refractivity contribution in [2.75, 3.05) is 33.5 Å². The molecule has 0 unspecified atom stereocenters. The SMILES string of the molecule is COCCN1CN(S(=O)(=O)c2cccc(Cl)c2F)CC1=O. The first-order chi connectivity index (χ1) is 9.87. The van der Waals surface area contributed by atoms with Crippen LogP contribution in [0.4, 0.5) is 4.39 Å². The van der Waals surface area contributed by atoms with E-state index in [1.807, 2.05) is 0 Å². The van der Waals surface area contributed by atoms with Gasteiger partial charge in [0.1, 0.15) is 4.90 Å². The normalized spacial score (nSPS) is 16.7. The molecular formula is C12H14ClFN2O4S. The van der Waals surface area contributed by atoms with Crippen molar-refractivity contribution in [2.45, 2.75) is 4.90 Å². The zero-order valence-corrected chi connectivity index (χ0v) is 12.8. The Kier molecular flexibility index (Phi) is 4.82. The van der Waals surface area contributed by atoms with Gasteiger partial charge < -0.3 is 9.64 Å². The van der Waals surface area contributed by atoms with Crippen molar-refractivity contribution in [3.05, 3.63) is 29.0 Å². The molecule has 1 heterocycles. The van der Waals surface area contributed by atoms with Gasteiger partial charge in [0.25, 0.3) is 0 Å². The molecule has 2 rings (SSSR count). The van der Waals surface area contributed by atoms with E-state index >= 15 is 0 Å². The molecule has 1 aromatic carbocycles. The second kappa shape index (κ2) is 6.27. The van der Waals surface area contributed by atoms with Crippen molar-refractivity contribution in [1.82, 2.24) is 9.21 Å². The summed E-state index contributed by atoms with van der Waals surface area (Å²) in [4.78, 5) is 12.6. The van der Waals surface area contributed by atoms with Crippen molar-refractivity contribution in [2.24, 2.45) is 0 Å².